The van der Waals surface area contributed by atoms with Gasteiger partial charge in [-0.3, -0.25) is 4.79 Å². The van der Waals surface area contributed by atoms with Gasteiger partial charge in [0.15, 0.2) is 5.78 Å². The number of aryl methyl sites for hydroxylation is 1. The molecule has 4 heteroatoms. The van der Waals surface area contributed by atoms with Gasteiger partial charge in [-0.1, -0.05) is 37.5 Å². The number of carbonyl (C=O) groups is 1. The first-order chi connectivity index (χ1) is 13.6. The lowest BCUT2D eigenvalue weighted by Gasteiger charge is -2.26. The lowest BCUT2D eigenvalue weighted by Crippen LogP contribution is -2.25. The van der Waals surface area contributed by atoms with E-state index in [-0.39, 0.29) is 5.78 Å². The van der Waals surface area contributed by atoms with Gasteiger partial charge in [0.05, 0.1) is 6.54 Å². The molecule has 0 aliphatic heterocycles. The monoisotopic (exact) mass is 377 g/mol. The number of rotatable bonds is 7. The standard InChI is InChI=1S/C24H31N3O/c1-17-14-22(18(2)27(17)20-8-4-3-5-9-20)24(28)16-25-13-12-19-15-26-23-11-7-6-10-21(19)23/h6-7,10-11,14-15,20,25-26H,3-5,8-9,12-13,16H2,1-2H3. The minimum Gasteiger partial charge on any atom is -0.361 e. The number of ketones is 1. The van der Waals surface area contributed by atoms with E-state index < -0.39 is 0 Å². The molecule has 4 nitrogen and oxygen atoms in total. The van der Waals surface area contributed by atoms with Crippen molar-refractivity contribution >= 4 is 16.7 Å². The largest absolute Gasteiger partial charge is 0.361 e. The van der Waals surface area contributed by atoms with E-state index in [9.17, 15) is 4.79 Å². The molecular formula is C24H31N3O. The fourth-order valence-corrected chi connectivity index (χ4v) is 4.82. The summed E-state index contributed by atoms with van der Waals surface area (Å²) < 4.78 is 2.42. The molecule has 1 saturated carbocycles. The van der Waals surface area contributed by atoms with Crippen LogP contribution >= 0.6 is 0 Å². The molecule has 1 aliphatic rings. The number of hydrogen-bond acceptors (Lipinski definition) is 2. The second-order valence-corrected chi connectivity index (χ2v) is 8.16. The van der Waals surface area contributed by atoms with Crippen LogP contribution in [0, 0.1) is 13.8 Å². The second-order valence-electron chi connectivity index (χ2n) is 8.16. The molecule has 0 amide bonds. The number of H-pyrrole nitrogens is 1. The van der Waals surface area contributed by atoms with E-state index in [0.717, 1.165) is 24.2 Å². The van der Waals surface area contributed by atoms with Gasteiger partial charge in [-0.25, -0.2) is 0 Å². The van der Waals surface area contributed by atoms with Crippen LogP contribution in [0.2, 0.25) is 0 Å². The van der Waals surface area contributed by atoms with Crippen LogP contribution in [0.4, 0.5) is 0 Å². The molecule has 2 N–H and O–H groups in total. The molecule has 0 unspecified atom stereocenters. The minimum atomic E-state index is 0.203. The van der Waals surface area contributed by atoms with E-state index in [1.807, 2.05) is 6.07 Å². The molecule has 3 aromatic rings. The third kappa shape index (κ3) is 3.79. The Kier molecular flexibility index (Phi) is 5.67. The maximum absolute atomic E-state index is 12.8. The SMILES string of the molecule is Cc1cc(C(=O)CNCCc2c[nH]c3ccccc23)c(C)n1C1CCCCC1. The van der Waals surface area contributed by atoms with Crippen LogP contribution < -0.4 is 5.32 Å². The van der Waals surface area contributed by atoms with Gasteiger partial charge in [-0.2, -0.15) is 0 Å². The molecule has 1 aromatic carbocycles. The highest BCUT2D eigenvalue weighted by Gasteiger charge is 2.22. The lowest BCUT2D eigenvalue weighted by molar-refractivity contribution is 0.0990. The van der Waals surface area contributed by atoms with Crippen molar-refractivity contribution in [3.8, 4) is 0 Å². The Balaban J connectivity index is 1.35. The van der Waals surface area contributed by atoms with Gasteiger partial charge in [0, 0.05) is 40.1 Å². The summed E-state index contributed by atoms with van der Waals surface area (Å²) in [4.78, 5) is 16.1. The molecule has 1 fully saturated rings. The first-order valence-corrected chi connectivity index (χ1v) is 10.6. The molecule has 2 heterocycles. The van der Waals surface area contributed by atoms with Crippen molar-refractivity contribution in [3.63, 3.8) is 0 Å². The molecule has 148 valence electrons. The summed E-state index contributed by atoms with van der Waals surface area (Å²) in [7, 11) is 0. The third-order valence-corrected chi connectivity index (χ3v) is 6.26. The van der Waals surface area contributed by atoms with E-state index in [4.69, 9.17) is 0 Å². The highest BCUT2D eigenvalue weighted by atomic mass is 16.1. The van der Waals surface area contributed by atoms with Crippen molar-refractivity contribution in [2.75, 3.05) is 13.1 Å². The Labute approximate surface area is 167 Å². The Hall–Kier alpha value is -2.33. The van der Waals surface area contributed by atoms with E-state index in [1.54, 1.807) is 0 Å². The summed E-state index contributed by atoms with van der Waals surface area (Å²) in [6.45, 7) is 5.45. The van der Waals surface area contributed by atoms with Crippen molar-refractivity contribution in [1.82, 2.24) is 14.9 Å². The van der Waals surface area contributed by atoms with E-state index >= 15 is 0 Å². The smallest absolute Gasteiger partial charge is 0.178 e. The van der Waals surface area contributed by atoms with E-state index in [0.29, 0.717) is 12.6 Å². The van der Waals surface area contributed by atoms with Crippen LogP contribution in [0.15, 0.2) is 36.5 Å². The van der Waals surface area contributed by atoms with Crippen molar-refractivity contribution in [1.29, 1.82) is 0 Å². The Bertz CT molecular complexity index is 960. The first-order valence-electron chi connectivity index (χ1n) is 10.6. The number of nitrogens with one attached hydrogen (secondary N) is 2. The molecule has 0 saturated heterocycles. The summed E-state index contributed by atoms with van der Waals surface area (Å²) in [6.07, 6.45) is 9.44. The predicted molar refractivity (Wildman–Crippen MR) is 115 cm³/mol. The lowest BCUT2D eigenvalue weighted by atomic mass is 9.95. The van der Waals surface area contributed by atoms with Gasteiger partial charge >= 0.3 is 0 Å². The van der Waals surface area contributed by atoms with Crippen molar-refractivity contribution in [2.24, 2.45) is 0 Å². The van der Waals surface area contributed by atoms with Gasteiger partial charge in [0.25, 0.3) is 0 Å². The number of aromatic amines is 1. The van der Waals surface area contributed by atoms with E-state index in [2.05, 4.69) is 59.2 Å². The van der Waals surface area contributed by atoms with Gasteiger partial charge in [-0.15, -0.1) is 0 Å². The molecule has 2 aromatic heterocycles. The average molecular weight is 378 g/mol. The molecule has 28 heavy (non-hydrogen) atoms. The number of hydrogen-bond donors (Lipinski definition) is 2. The fourth-order valence-electron chi connectivity index (χ4n) is 4.82. The summed E-state index contributed by atoms with van der Waals surface area (Å²) in [5.41, 5.74) is 5.73. The Morgan fingerprint density at radius 3 is 2.79 bits per heavy atom. The van der Waals surface area contributed by atoms with Crippen LogP contribution in [0.25, 0.3) is 10.9 Å². The number of benzene rings is 1. The van der Waals surface area contributed by atoms with Gasteiger partial charge < -0.3 is 14.9 Å². The number of fused-ring (bicyclic) bond motifs is 1. The normalized spacial score (nSPS) is 15.4. The van der Waals surface area contributed by atoms with E-state index in [1.165, 1.54) is 54.3 Å². The Morgan fingerprint density at radius 2 is 1.96 bits per heavy atom. The quantitative estimate of drug-likeness (QED) is 0.444. The van der Waals surface area contributed by atoms with Crippen LogP contribution in [0.5, 0.6) is 0 Å². The zero-order valence-electron chi connectivity index (χ0n) is 17.1. The zero-order chi connectivity index (χ0) is 19.5. The topological polar surface area (TPSA) is 49.8 Å². The highest BCUT2D eigenvalue weighted by molar-refractivity contribution is 5.99. The summed E-state index contributed by atoms with van der Waals surface area (Å²) in [6, 6.07) is 11.0. The van der Waals surface area contributed by atoms with Crippen molar-refractivity contribution in [3.05, 3.63) is 59.0 Å². The molecule has 4 rings (SSSR count). The van der Waals surface area contributed by atoms with Crippen molar-refractivity contribution in [2.45, 2.75) is 58.4 Å². The summed E-state index contributed by atoms with van der Waals surface area (Å²) >= 11 is 0. The first kappa shape index (κ1) is 19.0. The van der Waals surface area contributed by atoms with Crippen LogP contribution in [-0.4, -0.2) is 28.4 Å². The van der Waals surface area contributed by atoms with Crippen LogP contribution in [0.3, 0.4) is 0 Å². The molecule has 0 bridgehead atoms. The molecule has 0 atom stereocenters. The molecule has 1 aliphatic carbocycles. The van der Waals surface area contributed by atoms with Gasteiger partial charge in [-0.05, 0) is 57.4 Å². The predicted octanol–water partition coefficient (Wildman–Crippen LogP) is 5.11. The number of para-hydroxylation sites is 1. The van der Waals surface area contributed by atoms with Gasteiger partial charge in [0.1, 0.15) is 0 Å². The minimum absolute atomic E-state index is 0.203. The average Bonchev–Trinajstić information content (AvgIpc) is 3.26. The fraction of sp³-hybridized carbons (Fsp3) is 0.458. The van der Waals surface area contributed by atoms with Gasteiger partial charge in [0.2, 0.25) is 0 Å². The Morgan fingerprint density at radius 1 is 1.18 bits per heavy atom. The number of aromatic nitrogens is 2. The van der Waals surface area contributed by atoms with Crippen molar-refractivity contribution < 1.29 is 4.79 Å². The van der Waals surface area contributed by atoms with Crippen LogP contribution in [0.1, 0.15) is 65.5 Å². The van der Waals surface area contributed by atoms with Crippen LogP contribution in [-0.2, 0) is 6.42 Å². The summed E-state index contributed by atoms with van der Waals surface area (Å²) in [5.74, 6) is 0.203. The highest BCUT2D eigenvalue weighted by Crippen LogP contribution is 2.32. The number of carbonyl (C=O) groups excluding carboxylic acids is 1. The molecule has 0 spiro atoms. The number of Topliss-reactive ketones (excluding diaryl/α,β-unsaturated/α-hetero) is 1. The second kappa shape index (κ2) is 8.36. The third-order valence-electron chi connectivity index (χ3n) is 6.26. The maximum atomic E-state index is 12.8. The zero-order valence-corrected chi connectivity index (χ0v) is 17.1. The maximum Gasteiger partial charge on any atom is 0.178 e. The summed E-state index contributed by atoms with van der Waals surface area (Å²) in [5, 5.41) is 4.62. The number of nitrogens with zero attached hydrogens (tertiary/aromatic N) is 1. The molecular weight excluding hydrogens is 346 g/mol. The molecule has 0 radical (unpaired) electrons.